The van der Waals surface area contributed by atoms with Crippen LogP contribution in [0.5, 0.6) is 5.75 Å². The molecule has 134 valence electrons. The number of carbonyl (C=O) groups excluding carboxylic acids is 1. The van der Waals surface area contributed by atoms with Crippen LogP contribution in [0.1, 0.15) is 5.56 Å². The summed E-state index contributed by atoms with van der Waals surface area (Å²) < 4.78 is 18.3. The number of likely N-dealkylation sites (N-methyl/N-ethyl adjacent to an activating group) is 1. The number of phenolic OH excluding ortho intramolecular Hbond substituents is 1. The van der Waals surface area contributed by atoms with E-state index in [4.69, 9.17) is 4.42 Å². The van der Waals surface area contributed by atoms with E-state index < -0.39 is 11.4 Å². The van der Waals surface area contributed by atoms with Gasteiger partial charge < -0.3 is 19.7 Å². The second-order valence-corrected chi connectivity index (χ2v) is 6.14. The lowest BCUT2D eigenvalue weighted by Gasteiger charge is -2.15. The lowest BCUT2D eigenvalue weighted by molar-refractivity contribution is -0.885. The normalized spacial score (nSPS) is 12.1. The predicted molar refractivity (Wildman–Crippen MR) is 94.6 cm³/mol. The number of benzene rings is 2. The Balaban J connectivity index is 1.72. The second kappa shape index (κ2) is 7.37. The molecule has 26 heavy (non-hydrogen) atoms. The summed E-state index contributed by atoms with van der Waals surface area (Å²) in [6, 6.07) is 11.6. The molecular formula is C19H18FN2O4+. The summed E-state index contributed by atoms with van der Waals surface area (Å²) in [6.07, 6.45) is 0. The van der Waals surface area contributed by atoms with Gasteiger partial charge in [-0.3, -0.25) is 4.79 Å². The molecule has 1 aromatic heterocycles. The number of halogens is 1. The van der Waals surface area contributed by atoms with E-state index in [-0.39, 0.29) is 18.2 Å². The molecule has 1 amide bonds. The summed E-state index contributed by atoms with van der Waals surface area (Å²) in [5, 5.41) is 12.9. The second-order valence-electron chi connectivity index (χ2n) is 6.14. The van der Waals surface area contributed by atoms with Crippen molar-refractivity contribution in [3.8, 4) is 5.75 Å². The van der Waals surface area contributed by atoms with E-state index in [0.29, 0.717) is 28.8 Å². The molecule has 0 spiro atoms. The maximum absolute atomic E-state index is 13.2. The van der Waals surface area contributed by atoms with Gasteiger partial charge in [0.2, 0.25) is 0 Å². The first-order valence-electron chi connectivity index (χ1n) is 8.03. The van der Waals surface area contributed by atoms with E-state index in [1.165, 1.54) is 36.4 Å². The molecule has 1 atom stereocenters. The summed E-state index contributed by atoms with van der Waals surface area (Å²) in [6.45, 7) is 0.541. The minimum absolute atomic E-state index is 0.00738. The number of phenols is 1. The maximum atomic E-state index is 13.2. The summed E-state index contributed by atoms with van der Waals surface area (Å²) >= 11 is 0. The third kappa shape index (κ3) is 4.25. The molecule has 0 aliphatic rings. The Bertz CT molecular complexity index is 1020. The van der Waals surface area contributed by atoms with Crippen LogP contribution in [-0.4, -0.2) is 24.6 Å². The highest BCUT2D eigenvalue weighted by Crippen LogP contribution is 2.21. The van der Waals surface area contributed by atoms with Gasteiger partial charge in [0.1, 0.15) is 23.7 Å². The van der Waals surface area contributed by atoms with Gasteiger partial charge in [-0.05, 0) is 30.3 Å². The Morgan fingerprint density at radius 3 is 2.81 bits per heavy atom. The van der Waals surface area contributed by atoms with Crippen LogP contribution >= 0.6 is 0 Å². The van der Waals surface area contributed by atoms with Gasteiger partial charge in [-0.25, -0.2) is 9.18 Å². The van der Waals surface area contributed by atoms with Crippen LogP contribution in [0.25, 0.3) is 11.0 Å². The quantitative estimate of drug-likeness (QED) is 0.601. The van der Waals surface area contributed by atoms with Crippen LogP contribution in [-0.2, 0) is 11.3 Å². The highest BCUT2D eigenvalue weighted by atomic mass is 19.1. The van der Waals surface area contributed by atoms with Crippen molar-refractivity contribution in [2.75, 3.05) is 18.9 Å². The number of carbonyl (C=O) groups is 1. The number of aromatic hydroxyl groups is 1. The molecule has 1 unspecified atom stereocenters. The number of hydrogen-bond acceptors (Lipinski definition) is 4. The first-order valence-corrected chi connectivity index (χ1v) is 8.03. The maximum Gasteiger partial charge on any atom is 0.336 e. The minimum atomic E-state index is -0.518. The van der Waals surface area contributed by atoms with Crippen molar-refractivity contribution >= 4 is 22.6 Å². The summed E-state index contributed by atoms with van der Waals surface area (Å²) in [5.74, 6) is -0.680. The molecule has 0 fully saturated rings. The monoisotopic (exact) mass is 357 g/mol. The van der Waals surface area contributed by atoms with Gasteiger partial charge in [0.15, 0.2) is 6.54 Å². The molecule has 0 aliphatic carbocycles. The zero-order valence-electron chi connectivity index (χ0n) is 14.1. The molecule has 0 saturated heterocycles. The van der Waals surface area contributed by atoms with Gasteiger partial charge in [-0.1, -0.05) is 6.07 Å². The molecule has 1 heterocycles. The Kier molecular flexibility index (Phi) is 4.99. The van der Waals surface area contributed by atoms with Crippen LogP contribution < -0.4 is 15.8 Å². The molecule has 7 heteroatoms. The van der Waals surface area contributed by atoms with Gasteiger partial charge in [0.05, 0.1) is 7.05 Å². The number of hydrogen-bond donors (Lipinski definition) is 3. The van der Waals surface area contributed by atoms with E-state index in [9.17, 15) is 19.1 Å². The fourth-order valence-electron chi connectivity index (χ4n) is 2.80. The number of quaternary nitrogens is 1. The first-order chi connectivity index (χ1) is 12.4. The predicted octanol–water partition coefficient (Wildman–Crippen LogP) is 1.29. The highest BCUT2D eigenvalue weighted by molar-refractivity contribution is 5.91. The largest absolute Gasteiger partial charge is 0.508 e. The van der Waals surface area contributed by atoms with Crippen LogP contribution in [0, 0.1) is 5.82 Å². The van der Waals surface area contributed by atoms with Crippen molar-refractivity contribution in [2.45, 2.75) is 6.54 Å². The molecule has 0 aliphatic heterocycles. The Morgan fingerprint density at radius 2 is 2.04 bits per heavy atom. The number of anilines is 1. The van der Waals surface area contributed by atoms with E-state index in [2.05, 4.69) is 5.32 Å². The third-order valence-corrected chi connectivity index (χ3v) is 3.88. The molecule has 2 aromatic carbocycles. The molecule has 0 radical (unpaired) electrons. The van der Waals surface area contributed by atoms with Crippen LogP contribution in [0.3, 0.4) is 0 Å². The van der Waals surface area contributed by atoms with Crippen molar-refractivity contribution in [1.29, 1.82) is 0 Å². The average Bonchev–Trinajstić information content (AvgIpc) is 2.53. The molecule has 3 aromatic rings. The summed E-state index contributed by atoms with van der Waals surface area (Å²) in [7, 11) is 1.81. The van der Waals surface area contributed by atoms with Gasteiger partial charge >= 0.3 is 5.63 Å². The standard InChI is InChI=1S/C19H17FN2O4/c1-22(11-18(24)21-14-4-2-3-13(20)8-14)10-12-7-19(25)26-17-9-15(23)5-6-16(12)17/h2-9,23H,10-11H2,1H3,(H,21,24)/p+1. The Hall–Kier alpha value is -3.19. The minimum Gasteiger partial charge on any atom is -0.508 e. The van der Waals surface area contributed by atoms with E-state index in [1.54, 1.807) is 12.1 Å². The van der Waals surface area contributed by atoms with E-state index in [0.717, 1.165) is 4.90 Å². The van der Waals surface area contributed by atoms with Crippen molar-refractivity contribution in [2.24, 2.45) is 0 Å². The molecule has 0 bridgehead atoms. The first kappa shape index (κ1) is 17.6. The molecule has 3 rings (SSSR count). The molecule has 3 N–H and O–H groups in total. The topological polar surface area (TPSA) is 84.0 Å². The summed E-state index contributed by atoms with van der Waals surface area (Å²) in [5.41, 5.74) is 0.885. The van der Waals surface area contributed by atoms with Gasteiger partial charge in [0.25, 0.3) is 5.91 Å². The van der Waals surface area contributed by atoms with Gasteiger partial charge in [-0.2, -0.15) is 0 Å². The molecule has 0 saturated carbocycles. The van der Waals surface area contributed by atoms with Crippen LogP contribution in [0.4, 0.5) is 10.1 Å². The van der Waals surface area contributed by atoms with Gasteiger partial charge in [-0.15, -0.1) is 0 Å². The van der Waals surface area contributed by atoms with Crippen molar-refractivity contribution < 1.29 is 23.6 Å². The fourth-order valence-corrected chi connectivity index (χ4v) is 2.80. The van der Waals surface area contributed by atoms with Crippen molar-refractivity contribution in [3.05, 3.63) is 70.3 Å². The SMILES string of the molecule is C[NH+](CC(=O)Nc1cccc(F)c1)Cc1cc(=O)oc2cc(O)ccc12. The number of rotatable bonds is 5. The highest BCUT2D eigenvalue weighted by Gasteiger charge is 2.14. The lowest BCUT2D eigenvalue weighted by atomic mass is 10.1. The number of fused-ring (bicyclic) bond motifs is 1. The van der Waals surface area contributed by atoms with E-state index in [1.807, 2.05) is 7.05 Å². The molecular weight excluding hydrogens is 339 g/mol. The zero-order chi connectivity index (χ0) is 18.7. The third-order valence-electron chi connectivity index (χ3n) is 3.88. The Morgan fingerprint density at radius 1 is 1.23 bits per heavy atom. The smallest absolute Gasteiger partial charge is 0.336 e. The van der Waals surface area contributed by atoms with Crippen LogP contribution in [0.2, 0.25) is 0 Å². The number of amides is 1. The van der Waals surface area contributed by atoms with Crippen molar-refractivity contribution in [3.63, 3.8) is 0 Å². The number of nitrogens with one attached hydrogen (secondary N) is 2. The lowest BCUT2D eigenvalue weighted by Crippen LogP contribution is -3.08. The van der Waals surface area contributed by atoms with Crippen LogP contribution in [0.15, 0.2) is 57.7 Å². The van der Waals surface area contributed by atoms with Gasteiger partial charge in [0, 0.05) is 28.8 Å². The van der Waals surface area contributed by atoms with E-state index >= 15 is 0 Å². The zero-order valence-corrected chi connectivity index (χ0v) is 14.1. The van der Waals surface area contributed by atoms with Crippen molar-refractivity contribution in [1.82, 2.24) is 0 Å². The Labute approximate surface area is 148 Å². The molecule has 6 nitrogen and oxygen atoms in total. The fraction of sp³-hybridized carbons (Fsp3) is 0.158. The average molecular weight is 357 g/mol. The summed E-state index contributed by atoms with van der Waals surface area (Å²) in [4.78, 5) is 24.7.